The Morgan fingerprint density at radius 1 is 1.03 bits per heavy atom. The molecule has 0 aliphatic rings. The van der Waals surface area contributed by atoms with Gasteiger partial charge in [-0.15, -0.1) is 0 Å². The quantitative estimate of drug-likeness (QED) is 0.339. The molecule has 2 rings (SSSR count). The number of benzene rings is 2. The van der Waals surface area contributed by atoms with Gasteiger partial charge in [0.15, 0.2) is 6.10 Å². The zero-order chi connectivity index (χ0) is 26.4. The summed E-state index contributed by atoms with van der Waals surface area (Å²) in [7, 11) is 0. The van der Waals surface area contributed by atoms with Gasteiger partial charge in [-0.3, -0.25) is 0 Å². The maximum absolute atomic E-state index is 12.7. The van der Waals surface area contributed by atoms with Gasteiger partial charge in [0.1, 0.15) is 19.0 Å². The van der Waals surface area contributed by atoms with Crippen LogP contribution in [0.15, 0.2) is 54.6 Å². The summed E-state index contributed by atoms with van der Waals surface area (Å²) in [5.74, 6) is -0.506. The molecule has 8 nitrogen and oxygen atoms in total. The van der Waals surface area contributed by atoms with Crippen LogP contribution in [0, 0.1) is 0 Å². The van der Waals surface area contributed by atoms with Crippen molar-refractivity contribution in [2.45, 2.75) is 32.0 Å². The second kappa shape index (κ2) is 14.9. The molecule has 0 fully saturated rings. The molecule has 0 heterocycles. The zero-order valence-electron chi connectivity index (χ0n) is 20.0. The molecule has 2 aromatic carbocycles. The van der Waals surface area contributed by atoms with Crippen molar-refractivity contribution >= 4 is 17.7 Å². The first-order chi connectivity index (χ1) is 17.2. The van der Waals surface area contributed by atoms with E-state index in [9.17, 15) is 27.9 Å². The van der Waals surface area contributed by atoms with Crippen molar-refractivity contribution in [2.24, 2.45) is 0 Å². The Morgan fingerprint density at radius 2 is 1.72 bits per heavy atom. The predicted octanol–water partition coefficient (Wildman–Crippen LogP) is 4.60. The topological polar surface area (TPSA) is 97.3 Å². The number of amides is 2. The van der Waals surface area contributed by atoms with Crippen LogP contribution in [0.3, 0.4) is 0 Å². The molecule has 2 amide bonds. The molecule has 2 N–H and O–H groups in total. The molecule has 2 aromatic rings. The minimum atomic E-state index is -4.40. The lowest BCUT2D eigenvalue weighted by atomic mass is 10.1. The average molecular weight is 513 g/mol. The monoisotopic (exact) mass is 512 g/mol. The van der Waals surface area contributed by atoms with Crippen molar-refractivity contribution in [3.8, 4) is 5.75 Å². The first-order valence-electron chi connectivity index (χ1n) is 11.5. The number of nitrogens with one attached hydrogen (secondary N) is 1. The smallest absolute Gasteiger partial charge is 0.411 e. The molecule has 0 radical (unpaired) electrons. The van der Waals surface area contributed by atoms with Crippen LogP contribution in [-0.4, -0.2) is 73.8 Å². The third-order valence-corrected chi connectivity index (χ3v) is 4.91. The van der Waals surface area contributed by atoms with E-state index in [1.807, 2.05) is 6.07 Å². The number of carbonyl (C=O) groups excluding carboxylic acids is 1. The second-order valence-electron chi connectivity index (χ2n) is 7.78. The number of aliphatic carboxylic acids is 1. The lowest BCUT2D eigenvalue weighted by Crippen LogP contribution is -2.39. The van der Waals surface area contributed by atoms with Crippen LogP contribution in [0.1, 0.15) is 18.9 Å². The number of hydrogen-bond donors (Lipinski definition) is 2. The van der Waals surface area contributed by atoms with E-state index < -0.39 is 30.9 Å². The third-order valence-electron chi connectivity index (χ3n) is 4.91. The number of ether oxygens (including phenoxy) is 3. The molecular formula is C25H31F3N2O6. The highest BCUT2D eigenvalue weighted by molar-refractivity contribution is 5.89. The van der Waals surface area contributed by atoms with Crippen LogP contribution in [-0.2, 0) is 20.7 Å². The molecular weight excluding hydrogens is 481 g/mol. The molecule has 0 aromatic heterocycles. The number of carbonyl (C=O) groups is 2. The Bertz CT molecular complexity index is 926. The van der Waals surface area contributed by atoms with Crippen molar-refractivity contribution in [1.29, 1.82) is 0 Å². The Balaban J connectivity index is 1.88. The van der Waals surface area contributed by atoms with Gasteiger partial charge in [0.05, 0.1) is 6.54 Å². The first-order valence-corrected chi connectivity index (χ1v) is 11.5. The summed E-state index contributed by atoms with van der Waals surface area (Å²) in [6.45, 7) is 1.04. The van der Waals surface area contributed by atoms with E-state index in [2.05, 4.69) is 10.1 Å². The highest BCUT2D eigenvalue weighted by Gasteiger charge is 2.27. The molecule has 11 heteroatoms. The Morgan fingerprint density at radius 3 is 2.33 bits per heavy atom. The van der Waals surface area contributed by atoms with E-state index in [1.54, 1.807) is 55.5 Å². The highest BCUT2D eigenvalue weighted by Crippen LogP contribution is 2.16. The van der Waals surface area contributed by atoms with Crippen LogP contribution < -0.4 is 10.1 Å². The van der Waals surface area contributed by atoms with Gasteiger partial charge < -0.3 is 29.5 Å². The van der Waals surface area contributed by atoms with Crippen LogP contribution in [0.5, 0.6) is 5.75 Å². The lowest BCUT2D eigenvalue weighted by Gasteiger charge is -2.23. The van der Waals surface area contributed by atoms with Crippen LogP contribution in [0.2, 0.25) is 0 Å². The number of carboxylic acids is 1. The molecule has 0 saturated carbocycles. The number of rotatable bonds is 15. The number of anilines is 1. The summed E-state index contributed by atoms with van der Waals surface area (Å²) < 4.78 is 52.3. The Labute approximate surface area is 207 Å². The predicted molar refractivity (Wildman–Crippen MR) is 127 cm³/mol. The van der Waals surface area contributed by atoms with Gasteiger partial charge >= 0.3 is 18.2 Å². The van der Waals surface area contributed by atoms with Gasteiger partial charge in [0.25, 0.3) is 0 Å². The van der Waals surface area contributed by atoms with E-state index in [-0.39, 0.29) is 39.1 Å². The van der Waals surface area contributed by atoms with Gasteiger partial charge in [0, 0.05) is 31.9 Å². The van der Waals surface area contributed by atoms with Gasteiger partial charge in [0.2, 0.25) is 0 Å². The summed E-state index contributed by atoms with van der Waals surface area (Å²) >= 11 is 0. The van der Waals surface area contributed by atoms with Crippen LogP contribution in [0.4, 0.5) is 23.7 Å². The van der Waals surface area contributed by atoms with Gasteiger partial charge in [-0.2, -0.15) is 13.2 Å². The zero-order valence-corrected chi connectivity index (χ0v) is 20.0. The normalized spacial score (nSPS) is 12.1. The van der Waals surface area contributed by atoms with E-state index >= 15 is 0 Å². The highest BCUT2D eigenvalue weighted by atomic mass is 19.4. The number of urea groups is 1. The fraction of sp³-hybridized carbons (Fsp3) is 0.440. The number of halogens is 3. The van der Waals surface area contributed by atoms with Gasteiger partial charge in [-0.1, -0.05) is 30.3 Å². The van der Waals surface area contributed by atoms with Crippen molar-refractivity contribution in [2.75, 3.05) is 44.8 Å². The molecule has 0 spiro atoms. The van der Waals surface area contributed by atoms with Gasteiger partial charge in [-0.05, 0) is 43.2 Å². The Kier molecular flexibility index (Phi) is 12.0. The largest absolute Gasteiger partial charge is 0.492 e. The minimum absolute atomic E-state index is 0.141. The number of hydrogen-bond acceptors (Lipinski definition) is 5. The summed E-state index contributed by atoms with van der Waals surface area (Å²) in [4.78, 5) is 25.4. The summed E-state index contributed by atoms with van der Waals surface area (Å²) in [5, 5.41) is 12.0. The average Bonchev–Trinajstić information content (AvgIpc) is 2.83. The number of alkyl halides is 3. The minimum Gasteiger partial charge on any atom is -0.492 e. The standard InChI is InChI=1S/C25H31F3N2O6/c1-2-35-22(23(31)32)17-19-9-11-21(12-10-19)36-16-14-30(13-6-15-34-18-25(26,27)28)24(33)29-20-7-4-3-5-8-20/h3-5,7-12,22H,2,6,13-18H2,1H3,(H,29,33)(H,31,32). The fourth-order valence-electron chi connectivity index (χ4n) is 3.21. The van der Waals surface area contributed by atoms with E-state index in [1.165, 1.54) is 4.90 Å². The summed E-state index contributed by atoms with van der Waals surface area (Å²) in [6.07, 6.45) is -4.89. The van der Waals surface area contributed by atoms with Crippen molar-refractivity contribution in [3.63, 3.8) is 0 Å². The number of nitrogens with zero attached hydrogens (tertiary/aromatic N) is 1. The van der Waals surface area contributed by atoms with Crippen LogP contribution in [0.25, 0.3) is 0 Å². The maximum atomic E-state index is 12.7. The molecule has 0 aliphatic heterocycles. The molecule has 36 heavy (non-hydrogen) atoms. The molecule has 0 aliphatic carbocycles. The summed E-state index contributed by atoms with van der Waals surface area (Å²) in [5.41, 5.74) is 1.36. The molecule has 1 unspecified atom stereocenters. The van der Waals surface area contributed by atoms with Crippen molar-refractivity contribution in [3.05, 3.63) is 60.2 Å². The van der Waals surface area contributed by atoms with Crippen molar-refractivity contribution in [1.82, 2.24) is 4.90 Å². The first kappa shape index (κ1) is 28.9. The van der Waals surface area contributed by atoms with Gasteiger partial charge in [-0.25, -0.2) is 9.59 Å². The third kappa shape index (κ3) is 11.4. The molecule has 0 saturated heterocycles. The SMILES string of the molecule is CCOC(Cc1ccc(OCCN(CCCOCC(F)(F)F)C(=O)Nc2ccccc2)cc1)C(=O)O. The summed E-state index contributed by atoms with van der Waals surface area (Å²) in [6, 6.07) is 15.2. The van der Waals surface area contributed by atoms with E-state index in [0.29, 0.717) is 18.0 Å². The van der Waals surface area contributed by atoms with Crippen LogP contribution >= 0.6 is 0 Å². The molecule has 198 valence electrons. The maximum Gasteiger partial charge on any atom is 0.411 e. The van der Waals surface area contributed by atoms with E-state index in [4.69, 9.17) is 9.47 Å². The second-order valence-corrected chi connectivity index (χ2v) is 7.78. The fourth-order valence-corrected chi connectivity index (χ4v) is 3.21. The van der Waals surface area contributed by atoms with E-state index in [0.717, 1.165) is 5.56 Å². The van der Waals surface area contributed by atoms with Crippen molar-refractivity contribution < 1.29 is 42.1 Å². The molecule has 0 bridgehead atoms. The Hall–Kier alpha value is -3.31. The molecule has 1 atom stereocenters. The number of carboxylic acid groups (broad SMARTS) is 1. The number of para-hydroxylation sites is 1. The lowest BCUT2D eigenvalue weighted by molar-refractivity contribution is -0.174.